The van der Waals surface area contributed by atoms with Gasteiger partial charge in [-0.3, -0.25) is 4.98 Å². The van der Waals surface area contributed by atoms with Gasteiger partial charge in [-0.1, -0.05) is 32.6 Å². The topological polar surface area (TPSA) is 28.2 Å². The first-order valence-corrected chi connectivity index (χ1v) is 8.19. The highest BCUT2D eigenvalue weighted by atomic mass is 15.1. The summed E-state index contributed by atoms with van der Waals surface area (Å²) in [4.78, 5) is 6.80. The average Bonchev–Trinajstić information content (AvgIpc) is 2.76. The van der Waals surface area contributed by atoms with Crippen LogP contribution in [0, 0.1) is 0 Å². The summed E-state index contributed by atoms with van der Waals surface area (Å²) >= 11 is 0. The lowest BCUT2D eigenvalue weighted by molar-refractivity contribution is 0.550. The Morgan fingerprint density at radius 2 is 2.00 bits per heavy atom. The molecule has 1 heterocycles. The van der Waals surface area contributed by atoms with E-state index in [9.17, 15) is 0 Å². The van der Waals surface area contributed by atoms with E-state index in [2.05, 4.69) is 35.2 Å². The molecule has 1 aromatic heterocycles. The van der Waals surface area contributed by atoms with E-state index in [-0.39, 0.29) is 0 Å². The Kier molecular flexibility index (Phi) is 6.31. The van der Waals surface area contributed by atoms with Crippen molar-refractivity contribution in [3.8, 4) is 0 Å². The highest BCUT2D eigenvalue weighted by Gasteiger charge is 2.19. The Balaban J connectivity index is 2.05. The average molecular weight is 275 g/mol. The van der Waals surface area contributed by atoms with Gasteiger partial charge >= 0.3 is 0 Å². The maximum Gasteiger partial charge on any atom is 0.0442 e. The van der Waals surface area contributed by atoms with Gasteiger partial charge in [0, 0.05) is 43.3 Å². The van der Waals surface area contributed by atoms with Gasteiger partial charge in [-0.25, -0.2) is 0 Å². The first-order valence-electron chi connectivity index (χ1n) is 8.19. The monoisotopic (exact) mass is 275 g/mol. The van der Waals surface area contributed by atoms with Crippen molar-refractivity contribution in [2.75, 3.05) is 18.5 Å². The van der Waals surface area contributed by atoms with Gasteiger partial charge in [-0.15, -0.1) is 0 Å². The molecule has 0 amide bonds. The fraction of sp³-hybridized carbons (Fsp3) is 0.706. The minimum atomic E-state index is 0.699. The lowest BCUT2D eigenvalue weighted by Crippen LogP contribution is -2.32. The van der Waals surface area contributed by atoms with E-state index in [4.69, 9.17) is 0 Å². The summed E-state index contributed by atoms with van der Waals surface area (Å²) in [6.07, 6.45) is 13.4. The van der Waals surface area contributed by atoms with E-state index in [0.29, 0.717) is 6.04 Å². The molecule has 112 valence electrons. The number of pyridine rings is 1. The Bertz CT molecular complexity index is 384. The summed E-state index contributed by atoms with van der Waals surface area (Å²) in [6.45, 7) is 4.20. The van der Waals surface area contributed by atoms with Crippen molar-refractivity contribution < 1.29 is 0 Å². The molecule has 0 aliphatic heterocycles. The lowest BCUT2D eigenvalue weighted by atomic mass is 10.1. The fourth-order valence-electron chi connectivity index (χ4n) is 3.14. The Hall–Kier alpha value is -1.09. The van der Waals surface area contributed by atoms with Gasteiger partial charge in [0.2, 0.25) is 0 Å². The number of hydrogen-bond donors (Lipinski definition) is 1. The number of nitrogens with one attached hydrogen (secondary N) is 1. The Labute approximate surface area is 123 Å². The van der Waals surface area contributed by atoms with E-state index < -0.39 is 0 Å². The zero-order valence-electron chi connectivity index (χ0n) is 13.1. The third-order valence-electron chi connectivity index (χ3n) is 4.37. The van der Waals surface area contributed by atoms with Crippen LogP contribution in [0.15, 0.2) is 18.5 Å². The van der Waals surface area contributed by atoms with Crippen molar-refractivity contribution >= 4 is 5.69 Å². The summed E-state index contributed by atoms with van der Waals surface area (Å²) in [6, 6.07) is 2.87. The van der Waals surface area contributed by atoms with Crippen molar-refractivity contribution in [2.45, 2.75) is 64.5 Å². The first kappa shape index (κ1) is 15.3. The molecule has 0 unspecified atom stereocenters. The molecule has 3 nitrogen and oxygen atoms in total. The fourth-order valence-corrected chi connectivity index (χ4v) is 3.14. The zero-order chi connectivity index (χ0) is 14.2. The third-order valence-corrected chi connectivity index (χ3v) is 4.37. The molecule has 1 saturated carbocycles. The Morgan fingerprint density at radius 1 is 1.25 bits per heavy atom. The van der Waals surface area contributed by atoms with Gasteiger partial charge in [0.25, 0.3) is 0 Å². The van der Waals surface area contributed by atoms with Crippen LogP contribution in [0.2, 0.25) is 0 Å². The number of hydrogen-bond acceptors (Lipinski definition) is 3. The molecular formula is C17H29N3. The molecule has 1 aliphatic carbocycles. The summed E-state index contributed by atoms with van der Waals surface area (Å²) in [7, 11) is 2.26. The Morgan fingerprint density at radius 3 is 2.70 bits per heavy atom. The van der Waals surface area contributed by atoms with Crippen LogP contribution in [0.3, 0.4) is 0 Å². The van der Waals surface area contributed by atoms with E-state index in [1.165, 1.54) is 56.2 Å². The molecule has 1 N–H and O–H groups in total. The maximum absolute atomic E-state index is 4.30. The molecule has 3 heteroatoms. The highest BCUT2D eigenvalue weighted by Crippen LogP contribution is 2.27. The first-order chi connectivity index (χ1) is 9.83. The van der Waals surface area contributed by atoms with Crippen LogP contribution in [-0.4, -0.2) is 24.6 Å². The van der Waals surface area contributed by atoms with Gasteiger partial charge in [0.05, 0.1) is 0 Å². The predicted molar refractivity (Wildman–Crippen MR) is 86.1 cm³/mol. The third kappa shape index (κ3) is 4.20. The largest absolute Gasteiger partial charge is 0.371 e. The van der Waals surface area contributed by atoms with Crippen molar-refractivity contribution in [3.05, 3.63) is 24.0 Å². The standard InChI is InChI=1S/C17H29N3/c1-3-11-18-13-15-14-19-12-10-17(15)20(2)16-8-6-4-5-7-9-16/h10,12,14,16,18H,3-9,11,13H2,1-2H3. The van der Waals surface area contributed by atoms with Crippen molar-refractivity contribution in [1.82, 2.24) is 10.3 Å². The smallest absolute Gasteiger partial charge is 0.0442 e. The molecule has 0 spiro atoms. The van der Waals surface area contributed by atoms with E-state index >= 15 is 0 Å². The van der Waals surface area contributed by atoms with Crippen LogP contribution in [0.5, 0.6) is 0 Å². The van der Waals surface area contributed by atoms with Crippen LogP contribution in [0.25, 0.3) is 0 Å². The molecule has 1 aliphatic rings. The second-order valence-corrected chi connectivity index (χ2v) is 5.94. The molecule has 0 aromatic carbocycles. The summed E-state index contributed by atoms with van der Waals surface area (Å²) < 4.78 is 0. The van der Waals surface area contributed by atoms with Crippen LogP contribution in [-0.2, 0) is 6.54 Å². The summed E-state index contributed by atoms with van der Waals surface area (Å²) in [5, 5.41) is 3.50. The highest BCUT2D eigenvalue weighted by molar-refractivity contribution is 5.52. The zero-order valence-corrected chi connectivity index (χ0v) is 13.1. The molecule has 0 bridgehead atoms. The maximum atomic E-state index is 4.30. The van der Waals surface area contributed by atoms with Gasteiger partial charge < -0.3 is 10.2 Å². The predicted octanol–water partition coefficient (Wildman–Crippen LogP) is 3.74. The number of rotatable bonds is 6. The minimum absolute atomic E-state index is 0.699. The molecule has 0 saturated heterocycles. The van der Waals surface area contributed by atoms with Crippen molar-refractivity contribution in [1.29, 1.82) is 0 Å². The number of anilines is 1. The molecule has 0 radical (unpaired) electrons. The van der Waals surface area contributed by atoms with Crippen molar-refractivity contribution in [2.24, 2.45) is 0 Å². The minimum Gasteiger partial charge on any atom is -0.371 e. The normalized spacial score (nSPS) is 16.9. The number of nitrogens with zero attached hydrogens (tertiary/aromatic N) is 2. The van der Waals surface area contributed by atoms with E-state index in [1.807, 2.05) is 12.4 Å². The molecule has 2 rings (SSSR count). The van der Waals surface area contributed by atoms with Gasteiger partial charge in [-0.2, -0.15) is 0 Å². The second kappa shape index (κ2) is 8.25. The van der Waals surface area contributed by atoms with E-state index in [0.717, 1.165) is 13.1 Å². The van der Waals surface area contributed by atoms with Gasteiger partial charge in [0.1, 0.15) is 0 Å². The quantitative estimate of drug-likeness (QED) is 0.633. The molecule has 0 atom stereocenters. The summed E-state index contributed by atoms with van der Waals surface area (Å²) in [5.41, 5.74) is 2.68. The molecule has 1 fully saturated rings. The SMILES string of the molecule is CCCNCc1cnccc1N(C)C1CCCCCC1. The van der Waals surface area contributed by atoms with Crippen LogP contribution >= 0.6 is 0 Å². The molecule has 1 aromatic rings. The summed E-state index contributed by atoms with van der Waals surface area (Å²) in [5.74, 6) is 0. The van der Waals surface area contributed by atoms with E-state index in [1.54, 1.807) is 0 Å². The van der Waals surface area contributed by atoms with Crippen LogP contribution < -0.4 is 10.2 Å². The second-order valence-electron chi connectivity index (χ2n) is 5.94. The molecule has 20 heavy (non-hydrogen) atoms. The van der Waals surface area contributed by atoms with Gasteiger partial charge in [0.15, 0.2) is 0 Å². The van der Waals surface area contributed by atoms with Gasteiger partial charge in [-0.05, 0) is 31.9 Å². The van der Waals surface area contributed by atoms with Crippen LogP contribution in [0.4, 0.5) is 5.69 Å². The lowest BCUT2D eigenvalue weighted by Gasteiger charge is -2.31. The molecular weight excluding hydrogens is 246 g/mol. The number of aromatic nitrogens is 1. The van der Waals surface area contributed by atoms with Crippen LogP contribution in [0.1, 0.15) is 57.4 Å². The van der Waals surface area contributed by atoms with Crippen molar-refractivity contribution in [3.63, 3.8) is 0 Å².